The van der Waals surface area contributed by atoms with Gasteiger partial charge in [0.25, 0.3) is 11.8 Å². The molecule has 2 amide bonds. The van der Waals surface area contributed by atoms with Crippen LogP contribution in [0.1, 0.15) is 20.7 Å². The van der Waals surface area contributed by atoms with Gasteiger partial charge in [-0.3, -0.25) is 19.6 Å². The lowest BCUT2D eigenvalue weighted by Crippen LogP contribution is -2.26. The Morgan fingerprint density at radius 2 is 0.784 bits per heavy atom. The molecule has 0 radical (unpaired) electrons. The van der Waals surface area contributed by atoms with Gasteiger partial charge < -0.3 is 31.9 Å². The van der Waals surface area contributed by atoms with Gasteiger partial charge in [0.05, 0.1) is 0 Å². The van der Waals surface area contributed by atoms with Gasteiger partial charge in [0, 0.05) is 62.1 Å². The molecule has 0 aliphatic heterocycles. The zero-order chi connectivity index (χ0) is 25.9. The lowest BCUT2D eigenvalue weighted by atomic mass is 10.1. The third-order valence-corrected chi connectivity index (χ3v) is 5.14. The van der Waals surface area contributed by atoms with Crippen molar-refractivity contribution in [2.45, 2.75) is 0 Å². The van der Waals surface area contributed by atoms with Gasteiger partial charge >= 0.3 is 0 Å². The number of nitrogens with zero attached hydrogens (tertiary/aromatic N) is 2. The summed E-state index contributed by atoms with van der Waals surface area (Å²) in [5, 5.41) is 17.8. The Morgan fingerprint density at radius 3 is 1.03 bits per heavy atom. The maximum Gasteiger partial charge on any atom is 0.255 e. The molecule has 3 aromatic carbocycles. The summed E-state index contributed by atoms with van der Waals surface area (Å²) < 4.78 is 0. The van der Waals surface area contributed by atoms with E-state index in [1.165, 1.54) is 0 Å². The molecule has 0 spiro atoms. The number of nitrogens with one attached hydrogen (secondary N) is 6. The minimum absolute atomic E-state index is 0. The zero-order valence-corrected chi connectivity index (χ0v) is 21.9. The van der Waals surface area contributed by atoms with Crippen molar-refractivity contribution in [3.63, 3.8) is 0 Å². The molecule has 0 saturated heterocycles. The molecule has 6 N–H and O–H groups in total. The topological polar surface area (TPSA) is 131 Å². The number of aliphatic imine (C=N–C) groups is 2. The molecule has 194 valence electrons. The van der Waals surface area contributed by atoms with E-state index in [1.54, 1.807) is 76.7 Å². The van der Waals surface area contributed by atoms with Gasteiger partial charge in [-0.1, -0.05) is 0 Å². The number of hydrogen-bond donors (Lipinski definition) is 6. The van der Waals surface area contributed by atoms with E-state index in [1.807, 2.05) is 24.3 Å². The van der Waals surface area contributed by atoms with Crippen LogP contribution in [0.2, 0.25) is 0 Å². The van der Waals surface area contributed by atoms with Crippen LogP contribution in [-0.4, -0.2) is 51.9 Å². The van der Waals surface area contributed by atoms with Gasteiger partial charge in [-0.2, -0.15) is 0 Å². The molecule has 0 bridgehead atoms. The summed E-state index contributed by atoms with van der Waals surface area (Å²) in [5.41, 5.74) is 3.85. The van der Waals surface area contributed by atoms with Gasteiger partial charge in [-0.25, -0.2) is 0 Å². The maximum atomic E-state index is 12.6. The first-order valence-electron chi connectivity index (χ1n) is 11.2. The minimum Gasteiger partial charge on any atom is -0.359 e. The fraction of sp³-hybridized carbons (Fsp3) is 0.154. The molecule has 0 unspecified atom stereocenters. The van der Waals surface area contributed by atoms with Crippen molar-refractivity contribution in [1.29, 1.82) is 0 Å². The fourth-order valence-electron chi connectivity index (χ4n) is 3.19. The largest absolute Gasteiger partial charge is 0.359 e. The monoisotopic (exact) mass is 522 g/mol. The summed E-state index contributed by atoms with van der Waals surface area (Å²) in [7, 11) is 6.92. The first-order valence-corrected chi connectivity index (χ1v) is 11.2. The van der Waals surface area contributed by atoms with Gasteiger partial charge in [-0.15, -0.1) is 12.4 Å². The van der Waals surface area contributed by atoms with Crippen molar-refractivity contribution in [3.8, 4) is 0 Å². The number of guanidine groups is 2. The molecular weight excluding hydrogens is 492 g/mol. The highest BCUT2D eigenvalue weighted by Gasteiger charge is 2.10. The normalized spacial score (nSPS) is 11.0. The van der Waals surface area contributed by atoms with Crippen molar-refractivity contribution in [2.75, 3.05) is 49.5 Å². The second kappa shape index (κ2) is 14.1. The molecule has 0 aliphatic rings. The number of carbonyl (C=O) groups excluding carboxylic acids is 2. The highest BCUT2D eigenvalue weighted by molar-refractivity contribution is 6.07. The van der Waals surface area contributed by atoms with E-state index < -0.39 is 0 Å². The molecule has 10 nitrogen and oxygen atoms in total. The molecule has 0 saturated carbocycles. The third kappa shape index (κ3) is 8.25. The zero-order valence-electron chi connectivity index (χ0n) is 21.0. The Labute approximate surface area is 222 Å². The molecular formula is C26H31ClN8O2. The summed E-state index contributed by atoms with van der Waals surface area (Å²) in [5.74, 6) is 0.728. The highest BCUT2D eigenvalue weighted by atomic mass is 35.5. The van der Waals surface area contributed by atoms with Crippen LogP contribution >= 0.6 is 12.4 Å². The highest BCUT2D eigenvalue weighted by Crippen LogP contribution is 2.17. The van der Waals surface area contributed by atoms with E-state index in [0.29, 0.717) is 34.4 Å². The molecule has 0 aliphatic carbocycles. The first-order chi connectivity index (χ1) is 17.4. The van der Waals surface area contributed by atoms with Crippen LogP contribution < -0.4 is 31.9 Å². The Bertz CT molecular complexity index is 1140. The summed E-state index contributed by atoms with van der Waals surface area (Å²) in [6.07, 6.45) is 0. The van der Waals surface area contributed by atoms with E-state index in [0.717, 1.165) is 11.4 Å². The van der Waals surface area contributed by atoms with Gasteiger partial charge in [0.2, 0.25) is 0 Å². The number of hydrogen-bond acceptors (Lipinski definition) is 4. The maximum absolute atomic E-state index is 12.6. The fourth-order valence-corrected chi connectivity index (χ4v) is 3.19. The van der Waals surface area contributed by atoms with Crippen molar-refractivity contribution >= 4 is 58.9 Å². The minimum atomic E-state index is -0.270. The van der Waals surface area contributed by atoms with E-state index >= 15 is 0 Å². The summed E-state index contributed by atoms with van der Waals surface area (Å²) in [6.45, 7) is 0. The molecule has 3 aromatic rings. The van der Waals surface area contributed by atoms with Crippen LogP contribution in [0.5, 0.6) is 0 Å². The second-order valence-corrected chi connectivity index (χ2v) is 7.53. The Hall–Kier alpha value is -4.57. The molecule has 0 aromatic heterocycles. The quantitative estimate of drug-likeness (QED) is 0.215. The molecule has 0 heterocycles. The van der Waals surface area contributed by atoms with E-state index in [2.05, 4.69) is 41.9 Å². The lowest BCUT2D eigenvalue weighted by Gasteiger charge is -2.11. The first kappa shape index (κ1) is 28.7. The number of carbonyl (C=O) groups is 2. The predicted molar refractivity (Wildman–Crippen MR) is 155 cm³/mol. The molecule has 0 atom stereocenters. The van der Waals surface area contributed by atoms with Crippen LogP contribution in [0, 0.1) is 0 Å². The smallest absolute Gasteiger partial charge is 0.255 e. The van der Waals surface area contributed by atoms with Crippen LogP contribution in [-0.2, 0) is 0 Å². The summed E-state index contributed by atoms with van der Waals surface area (Å²) in [6, 6.07) is 21.0. The van der Waals surface area contributed by atoms with Crippen LogP contribution in [0.3, 0.4) is 0 Å². The molecule has 37 heavy (non-hydrogen) atoms. The number of anilines is 4. The number of rotatable bonds is 6. The van der Waals surface area contributed by atoms with Crippen LogP contribution in [0.15, 0.2) is 82.8 Å². The number of halogens is 1. The summed E-state index contributed by atoms with van der Waals surface area (Å²) >= 11 is 0. The molecule has 0 fully saturated rings. The second-order valence-electron chi connectivity index (χ2n) is 7.53. The van der Waals surface area contributed by atoms with Gasteiger partial charge in [0.1, 0.15) is 0 Å². The van der Waals surface area contributed by atoms with Crippen molar-refractivity contribution in [3.05, 3.63) is 83.9 Å². The third-order valence-electron chi connectivity index (χ3n) is 5.14. The van der Waals surface area contributed by atoms with Crippen molar-refractivity contribution in [2.24, 2.45) is 9.98 Å². The predicted octanol–water partition coefficient (Wildman–Crippen LogP) is 3.85. The van der Waals surface area contributed by atoms with Crippen molar-refractivity contribution < 1.29 is 9.59 Å². The summed E-state index contributed by atoms with van der Waals surface area (Å²) in [4.78, 5) is 33.4. The standard InChI is InChI=1S/C26H30N8O2.ClH/c1-27-25(28-2)33-21-13-9-19(10-14-21)31-23(35)17-5-7-18(8-6-17)24(36)32-20-11-15-22(16-12-20)34-26(29-3)30-4;/h5-16H,1-4H3,(H,31,35)(H,32,36)(H2,27,28,33)(H2,29,30,34);1H. The Balaban J connectivity index is 0.00000481. The van der Waals surface area contributed by atoms with E-state index in [9.17, 15) is 9.59 Å². The average Bonchev–Trinajstić information content (AvgIpc) is 2.92. The van der Waals surface area contributed by atoms with Gasteiger partial charge in [0.15, 0.2) is 11.9 Å². The van der Waals surface area contributed by atoms with Gasteiger partial charge in [-0.05, 0) is 72.8 Å². The Kier molecular flexibility index (Phi) is 10.9. The van der Waals surface area contributed by atoms with Crippen molar-refractivity contribution in [1.82, 2.24) is 10.6 Å². The molecule has 3 rings (SSSR count). The number of benzene rings is 3. The molecule has 11 heteroatoms. The SMILES string of the molecule is CN=C(NC)Nc1ccc(NC(=O)c2ccc(C(=O)Nc3ccc(NC(=NC)NC)cc3)cc2)cc1.Cl. The average molecular weight is 523 g/mol. The number of amides is 2. The lowest BCUT2D eigenvalue weighted by molar-refractivity contribution is 0.101. The van der Waals surface area contributed by atoms with Crippen LogP contribution in [0.4, 0.5) is 22.7 Å². The van der Waals surface area contributed by atoms with Crippen LogP contribution in [0.25, 0.3) is 0 Å². The van der Waals surface area contributed by atoms with E-state index in [4.69, 9.17) is 0 Å². The van der Waals surface area contributed by atoms with E-state index in [-0.39, 0.29) is 24.2 Å². The Morgan fingerprint density at radius 1 is 0.514 bits per heavy atom.